The smallest absolute Gasteiger partial charge is 0.242 e. The highest BCUT2D eigenvalue weighted by Crippen LogP contribution is 2.22. The molecule has 3 rings (SSSR count). The Morgan fingerprint density at radius 1 is 1.12 bits per heavy atom. The molecule has 1 aliphatic rings. The van der Waals surface area contributed by atoms with E-state index in [0.29, 0.717) is 13.0 Å². The van der Waals surface area contributed by atoms with E-state index in [2.05, 4.69) is 11.4 Å². The highest BCUT2D eigenvalue weighted by Gasteiger charge is 2.27. The van der Waals surface area contributed by atoms with Crippen molar-refractivity contribution in [2.75, 3.05) is 5.75 Å². The molecule has 2 amide bonds. The van der Waals surface area contributed by atoms with Gasteiger partial charge in [-0.15, -0.1) is 11.8 Å². The number of aryl methyl sites for hydroxylation is 1. The summed E-state index contributed by atoms with van der Waals surface area (Å²) in [7, 11) is 0. The van der Waals surface area contributed by atoms with Crippen LogP contribution in [0.2, 0.25) is 5.02 Å². The largest absolute Gasteiger partial charge is 0.352 e. The lowest BCUT2D eigenvalue weighted by molar-refractivity contribution is -0.141. The quantitative estimate of drug-likeness (QED) is 0.313. The van der Waals surface area contributed by atoms with E-state index >= 15 is 0 Å². The molecule has 6 heteroatoms. The number of benzene rings is 2. The van der Waals surface area contributed by atoms with Gasteiger partial charge in [0.2, 0.25) is 11.8 Å². The predicted molar refractivity (Wildman–Crippen MR) is 138 cm³/mol. The molecule has 0 bridgehead atoms. The number of hydrogen-bond acceptors (Lipinski definition) is 3. The molecule has 0 aliphatic heterocycles. The van der Waals surface area contributed by atoms with Gasteiger partial charge in [0.05, 0.1) is 0 Å². The average Bonchev–Trinajstić information content (AvgIpc) is 2.81. The van der Waals surface area contributed by atoms with Crippen molar-refractivity contribution in [3.05, 3.63) is 64.7 Å². The standard InChI is InChI=1S/C27H35ClN2O2S/c1-20-8-6-9-22(18-20)19-30(21(2)27(32)29-24-10-4-3-5-11-24)26(31)12-7-17-33-25-15-13-23(28)14-16-25/h6,8-9,13-16,18,21,24H,3-5,7,10-12,17,19H2,1-2H3,(H,29,32). The van der Waals surface area contributed by atoms with Crippen LogP contribution in [0, 0.1) is 6.92 Å². The Hall–Kier alpha value is -1.98. The molecule has 0 radical (unpaired) electrons. The first-order valence-electron chi connectivity index (χ1n) is 12.0. The third-order valence-electron chi connectivity index (χ3n) is 6.17. The van der Waals surface area contributed by atoms with E-state index in [-0.39, 0.29) is 17.9 Å². The molecule has 178 valence electrons. The second-order valence-electron chi connectivity index (χ2n) is 8.94. The number of halogens is 1. The lowest BCUT2D eigenvalue weighted by atomic mass is 9.95. The van der Waals surface area contributed by atoms with Crippen LogP contribution in [-0.4, -0.2) is 34.6 Å². The van der Waals surface area contributed by atoms with Crippen LogP contribution >= 0.6 is 23.4 Å². The number of amides is 2. The fourth-order valence-corrected chi connectivity index (χ4v) is 5.23. The molecule has 0 spiro atoms. The van der Waals surface area contributed by atoms with Gasteiger partial charge in [0.1, 0.15) is 6.04 Å². The number of thioether (sulfide) groups is 1. The van der Waals surface area contributed by atoms with E-state index in [4.69, 9.17) is 11.6 Å². The molecule has 33 heavy (non-hydrogen) atoms. The van der Waals surface area contributed by atoms with Gasteiger partial charge in [0.15, 0.2) is 0 Å². The minimum Gasteiger partial charge on any atom is -0.352 e. The summed E-state index contributed by atoms with van der Waals surface area (Å²) in [4.78, 5) is 29.2. The van der Waals surface area contributed by atoms with Gasteiger partial charge in [-0.05, 0) is 68.7 Å². The van der Waals surface area contributed by atoms with Gasteiger partial charge in [-0.3, -0.25) is 9.59 Å². The molecule has 1 atom stereocenters. The van der Waals surface area contributed by atoms with Crippen LogP contribution in [0.15, 0.2) is 53.4 Å². The first kappa shape index (κ1) is 25.6. The summed E-state index contributed by atoms with van der Waals surface area (Å²) in [6.07, 6.45) is 6.82. The van der Waals surface area contributed by atoms with Gasteiger partial charge in [0.25, 0.3) is 0 Å². The highest BCUT2D eigenvalue weighted by molar-refractivity contribution is 7.99. The SMILES string of the molecule is Cc1cccc(CN(C(=O)CCCSc2ccc(Cl)cc2)C(C)C(=O)NC2CCCCC2)c1. The number of carbonyl (C=O) groups excluding carboxylic acids is 2. The van der Waals surface area contributed by atoms with Crippen LogP contribution in [0.5, 0.6) is 0 Å². The molecule has 0 aromatic heterocycles. The van der Waals surface area contributed by atoms with Crippen molar-refractivity contribution in [3.63, 3.8) is 0 Å². The van der Waals surface area contributed by atoms with Gasteiger partial charge < -0.3 is 10.2 Å². The average molecular weight is 487 g/mol. The maximum absolute atomic E-state index is 13.2. The Bertz CT molecular complexity index is 913. The van der Waals surface area contributed by atoms with Gasteiger partial charge in [-0.1, -0.05) is 60.7 Å². The Balaban J connectivity index is 1.60. The molecule has 2 aromatic rings. The van der Waals surface area contributed by atoms with Crippen molar-refractivity contribution in [3.8, 4) is 0 Å². The lowest BCUT2D eigenvalue weighted by Crippen LogP contribution is -2.50. The molecule has 2 aromatic carbocycles. The summed E-state index contributed by atoms with van der Waals surface area (Å²) in [5, 5.41) is 3.92. The number of hydrogen-bond donors (Lipinski definition) is 1. The maximum atomic E-state index is 13.2. The summed E-state index contributed by atoms with van der Waals surface area (Å²) in [5.41, 5.74) is 2.20. The van der Waals surface area contributed by atoms with E-state index in [1.165, 1.54) is 6.42 Å². The lowest BCUT2D eigenvalue weighted by Gasteiger charge is -2.31. The molecule has 0 saturated heterocycles. The normalized spacial score (nSPS) is 15.1. The topological polar surface area (TPSA) is 49.4 Å². The summed E-state index contributed by atoms with van der Waals surface area (Å²) >= 11 is 7.67. The predicted octanol–water partition coefficient (Wildman–Crippen LogP) is 6.39. The Morgan fingerprint density at radius 2 is 1.85 bits per heavy atom. The second-order valence-corrected chi connectivity index (χ2v) is 10.5. The maximum Gasteiger partial charge on any atom is 0.242 e. The fourth-order valence-electron chi connectivity index (χ4n) is 4.25. The van der Waals surface area contributed by atoms with E-state index < -0.39 is 6.04 Å². The van der Waals surface area contributed by atoms with Crippen molar-refractivity contribution in [1.29, 1.82) is 0 Å². The van der Waals surface area contributed by atoms with Crippen LogP contribution in [0.4, 0.5) is 0 Å². The van der Waals surface area contributed by atoms with Crippen LogP contribution in [0.1, 0.15) is 63.0 Å². The van der Waals surface area contributed by atoms with Crippen molar-refractivity contribution in [1.82, 2.24) is 10.2 Å². The zero-order chi connectivity index (χ0) is 23.6. The first-order valence-corrected chi connectivity index (χ1v) is 13.3. The van der Waals surface area contributed by atoms with E-state index in [9.17, 15) is 9.59 Å². The van der Waals surface area contributed by atoms with Crippen molar-refractivity contribution in [2.24, 2.45) is 0 Å². The van der Waals surface area contributed by atoms with Gasteiger partial charge >= 0.3 is 0 Å². The highest BCUT2D eigenvalue weighted by atomic mass is 35.5. The van der Waals surface area contributed by atoms with Crippen LogP contribution < -0.4 is 5.32 Å². The summed E-state index contributed by atoms with van der Waals surface area (Å²) < 4.78 is 0. The third-order valence-corrected chi connectivity index (χ3v) is 7.52. The Morgan fingerprint density at radius 3 is 2.55 bits per heavy atom. The van der Waals surface area contributed by atoms with Crippen LogP contribution in [-0.2, 0) is 16.1 Å². The van der Waals surface area contributed by atoms with Crippen molar-refractivity contribution >= 4 is 35.2 Å². The molecule has 1 fully saturated rings. The molecule has 4 nitrogen and oxygen atoms in total. The number of carbonyl (C=O) groups is 2. The monoisotopic (exact) mass is 486 g/mol. The Kier molecular flexibility index (Phi) is 10.1. The van der Waals surface area contributed by atoms with Crippen LogP contribution in [0.3, 0.4) is 0 Å². The van der Waals surface area contributed by atoms with E-state index in [1.807, 2.05) is 56.3 Å². The van der Waals surface area contributed by atoms with Gasteiger partial charge in [-0.2, -0.15) is 0 Å². The molecule has 0 heterocycles. The minimum atomic E-state index is -0.496. The fraction of sp³-hybridized carbons (Fsp3) is 0.481. The Labute approximate surface area is 207 Å². The third kappa shape index (κ3) is 8.38. The first-order chi connectivity index (χ1) is 15.9. The number of nitrogens with zero attached hydrogens (tertiary/aromatic N) is 1. The van der Waals surface area contributed by atoms with Crippen molar-refractivity contribution < 1.29 is 9.59 Å². The molecule has 1 saturated carbocycles. The van der Waals surface area contributed by atoms with Gasteiger partial charge in [0, 0.05) is 28.9 Å². The van der Waals surface area contributed by atoms with E-state index in [0.717, 1.165) is 58.9 Å². The zero-order valence-corrected chi connectivity index (χ0v) is 21.3. The summed E-state index contributed by atoms with van der Waals surface area (Å²) in [6.45, 7) is 4.35. The number of rotatable bonds is 10. The molecule has 1 unspecified atom stereocenters. The molecular formula is C27H35ClN2O2S. The number of nitrogens with one attached hydrogen (secondary N) is 1. The van der Waals surface area contributed by atoms with Crippen molar-refractivity contribution in [2.45, 2.75) is 82.3 Å². The van der Waals surface area contributed by atoms with Crippen LogP contribution in [0.25, 0.3) is 0 Å². The molecule has 1 N–H and O–H groups in total. The van der Waals surface area contributed by atoms with Gasteiger partial charge in [-0.25, -0.2) is 0 Å². The van der Waals surface area contributed by atoms with E-state index in [1.54, 1.807) is 16.7 Å². The molecular weight excluding hydrogens is 452 g/mol. The second kappa shape index (κ2) is 13.0. The summed E-state index contributed by atoms with van der Waals surface area (Å²) in [5.74, 6) is 0.826. The molecule has 1 aliphatic carbocycles. The summed E-state index contributed by atoms with van der Waals surface area (Å²) in [6, 6.07) is 15.6. The minimum absolute atomic E-state index is 0.0273. The zero-order valence-electron chi connectivity index (χ0n) is 19.7.